The van der Waals surface area contributed by atoms with Gasteiger partial charge in [0.2, 0.25) is 5.91 Å². The van der Waals surface area contributed by atoms with Gasteiger partial charge in [-0.2, -0.15) is 0 Å². The molecule has 3 atom stereocenters. The van der Waals surface area contributed by atoms with Crippen molar-refractivity contribution in [2.45, 2.75) is 53.1 Å². The molecular weight excluding hydrogens is 579 g/mol. The predicted octanol–water partition coefficient (Wildman–Crippen LogP) is 6.27. The number of hydrogen-bond donors (Lipinski definition) is 2. The van der Waals surface area contributed by atoms with Crippen molar-refractivity contribution in [3.63, 3.8) is 0 Å². The van der Waals surface area contributed by atoms with E-state index < -0.39 is 0 Å². The average Bonchev–Trinajstić information content (AvgIpc) is 3.06. The topological polar surface area (TPSA) is 57.3 Å². The van der Waals surface area contributed by atoms with E-state index in [-0.39, 0.29) is 17.2 Å². The minimum Gasteiger partial charge on any atom is -0.379 e. The van der Waals surface area contributed by atoms with Gasteiger partial charge in [0.15, 0.2) is 0 Å². The molecule has 0 aromatic carbocycles. The summed E-state index contributed by atoms with van der Waals surface area (Å²) in [5.74, 6) is 0.624. The van der Waals surface area contributed by atoms with Gasteiger partial charge in [-0.05, 0) is 84.5 Å². The second kappa shape index (κ2) is 9.72. The summed E-state index contributed by atoms with van der Waals surface area (Å²) in [4.78, 5) is 22.3. The van der Waals surface area contributed by atoms with Crippen LogP contribution in [0.25, 0.3) is 5.57 Å². The number of fused-ring (bicyclic) bond motifs is 1. The molecule has 36 heavy (non-hydrogen) atoms. The number of rotatable bonds is 7. The highest BCUT2D eigenvalue weighted by Crippen LogP contribution is 2.66. The zero-order chi connectivity index (χ0) is 25.8. The lowest BCUT2D eigenvalue weighted by atomic mass is 10.0. The van der Waals surface area contributed by atoms with Crippen molar-refractivity contribution in [3.8, 4) is 0 Å². The van der Waals surface area contributed by atoms with Crippen LogP contribution in [0, 0.1) is 34.8 Å². The maximum Gasteiger partial charge on any atom is 0.231 e. The molecule has 2 N–H and O–H groups in total. The molecule has 2 saturated heterocycles. The first kappa shape index (κ1) is 25.7. The number of hydrogen-bond acceptors (Lipinski definition) is 5. The van der Waals surface area contributed by atoms with E-state index in [1.807, 2.05) is 11.0 Å². The van der Waals surface area contributed by atoms with Gasteiger partial charge >= 0.3 is 0 Å². The maximum atomic E-state index is 13.1. The van der Waals surface area contributed by atoms with Crippen molar-refractivity contribution in [1.29, 1.82) is 0 Å². The smallest absolute Gasteiger partial charge is 0.231 e. The summed E-state index contributed by atoms with van der Waals surface area (Å²) in [5, 5.41) is 7.31. The van der Waals surface area contributed by atoms with Crippen LogP contribution in [0.5, 0.6) is 0 Å². The number of carbonyl (C=O) groups is 1. The van der Waals surface area contributed by atoms with E-state index in [4.69, 9.17) is 4.98 Å². The largest absolute Gasteiger partial charge is 0.379 e. The fourth-order valence-corrected chi connectivity index (χ4v) is 7.89. The lowest BCUT2D eigenvalue weighted by Gasteiger charge is -2.27. The number of nitrogens with one attached hydrogen (secondary N) is 2. The Bertz CT molecular complexity index is 1250. The number of pyridine rings is 1. The Morgan fingerprint density at radius 1 is 1.33 bits per heavy atom. The molecule has 3 unspecified atom stereocenters. The van der Waals surface area contributed by atoms with Gasteiger partial charge < -0.3 is 15.5 Å². The Labute approximate surface area is 232 Å². The third-order valence-corrected chi connectivity index (χ3v) is 9.77. The zero-order valence-corrected chi connectivity index (χ0v) is 24.6. The van der Waals surface area contributed by atoms with Crippen molar-refractivity contribution in [2.24, 2.45) is 17.3 Å². The molecule has 7 heteroatoms. The van der Waals surface area contributed by atoms with Gasteiger partial charge in [-0.1, -0.05) is 39.2 Å². The summed E-state index contributed by atoms with van der Waals surface area (Å²) >= 11 is 4.05. The van der Waals surface area contributed by atoms with Crippen LogP contribution in [0.1, 0.15) is 53.3 Å². The molecule has 190 valence electrons. The fourth-order valence-electron chi connectivity index (χ4n) is 6.00. The van der Waals surface area contributed by atoms with E-state index in [0.717, 1.165) is 45.9 Å². The number of thiophene rings is 1. The lowest BCUT2D eigenvalue weighted by Crippen LogP contribution is -2.38. The van der Waals surface area contributed by atoms with Crippen LogP contribution in [0.2, 0.25) is 0 Å². The third kappa shape index (κ3) is 4.47. The number of nitrogens with zero attached hydrogens (tertiary/aromatic N) is 2. The molecule has 1 amide bonds. The van der Waals surface area contributed by atoms with Crippen molar-refractivity contribution in [3.05, 3.63) is 73.4 Å². The molecule has 1 aliphatic carbocycles. The number of anilines is 1. The number of carbonyl (C=O) groups excluding carboxylic acids is 1. The maximum absolute atomic E-state index is 13.1. The standard InChI is InChI=1S/C29H35IN4OS/c1-7-9-21(26-25(16(2)13-22(30)33-26)32-19-10-8-11-31-14-19)27-17(3)12-20(36-27)15-34-18(4)23-24(28(34)35)29(23,5)6/h7,9,12-13,19,23-24,31-32H,1,4,8,10-11,14-15H2,2-3,5-6H3/b21-9-. The lowest BCUT2D eigenvalue weighted by molar-refractivity contribution is -0.130. The van der Waals surface area contributed by atoms with Gasteiger partial charge in [0.05, 0.1) is 23.8 Å². The van der Waals surface area contributed by atoms with Crippen LogP contribution in [-0.2, 0) is 11.3 Å². The Hall–Kier alpha value is -1.97. The Morgan fingerprint density at radius 3 is 2.75 bits per heavy atom. The van der Waals surface area contributed by atoms with Crippen LogP contribution < -0.4 is 10.6 Å². The minimum atomic E-state index is 0.0618. The number of aromatic nitrogens is 1. The number of allylic oxidation sites excluding steroid dienone is 3. The first-order valence-corrected chi connectivity index (χ1v) is 14.6. The molecule has 2 aliphatic heterocycles. The number of likely N-dealkylation sites (tertiary alicyclic amines) is 1. The monoisotopic (exact) mass is 614 g/mol. The van der Waals surface area contributed by atoms with Gasteiger partial charge in [-0.25, -0.2) is 4.98 Å². The summed E-state index contributed by atoms with van der Waals surface area (Å²) in [5.41, 5.74) is 6.55. The van der Waals surface area contributed by atoms with Gasteiger partial charge in [-0.15, -0.1) is 11.3 Å². The number of halogens is 1. The van der Waals surface area contributed by atoms with Crippen LogP contribution in [-0.4, -0.2) is 34.9 Å². The summed E-state index contributed by atoms with van der Waals surface area (Å²) in [6.45, 7) is 19.6. The summed E-state index contributed by atoms with van der Waals surface area (Å²) in [7, 11) is 0. The highest BCUT2D eigenvalue weighted by Gasteiger charge is 2.69. The Kier molecular flexibility index (Phi) is 6.93. The number of amides is 1. The van der Waals surface area contributed by atoms with E-state index >= 15 is 0 Å². The van der Waals surface area contributed by atoms with E-state index in [0.29, 0.717) is 18.5 Å². The van der Waals surface area contributed by atoms with E-state index in [2.05, 4.69) is 92.3 Å². The molecule has 0 spiro atoms. The average molecular weight is 615 g/mol. The number of piperidine rings is 2. The molecule has 0 bridgehead atoms. The Balaban J connectivity index is 1.47. The molecule has 2 aromatic heterocycles. The molecule has 4 heterocycles. The van der Waals surface area contributed by atoms with Gasteiger partial charge in [0.25, 0.3) is 0 Å². The van der Waals surface area contributed by atoms with Crippen LogP contribution in [0.4, 0.5) is 5.69 Å². The molecule has 5 rings (SSSR count). The Morgan fingerprint density at radius 2 is 2.11 bits per heavy atom. The summed E-state index contributed by atoms with van der Waals surface area (Å²) in [6.07, 6.45) is 6.24. The van der Waals surface area contributed by atoms with Gasteiger partial charge in [-0.3, -0.25) is 4.79 Å². The highest BCUT2D eigenvalue weighted by molar-refractivity contribution is 14.1. The van der Waals surface area contributed by atoms with Crippen LogP contribution >= 0.6 is 33.9 Å². The predicted molar refractivity (Wildman–Crippen MR) is 158 cm³/mol. The van der Waals surface area contributed by atoms with Crippen molar-refractivity contribution in [1.82, 2.24) is 15.2 Å². The fraction of sp³-hybridized carbons (Fsp3) is 0.448. The second-order valence-corrected chi connectivity index (χ2v) is 13.1. The first-order valence-electron chi connectivity index (χ1n) is 12.7. The number of aryl methyl sites for hydroxylation is 2. The molecular formula is C29H35IN4OS. The van der Waals surface area contributed by atoms with Crippen molar-refractivity contribution >= 4 is 51.1 Å². The van der Waals surface area contributed by atoms with Crippen LogP contribution in [0.15, 0.2) is 43.1 Å². The third-order valence-electron chi connectivity index (χ3n) is 7.96. The van der Waals surface area contributed by atoms with E-state index in [1.54, 1.807) is 11.3 Å². The summed E-state index contributed by atoms with van der Waals surface area (Å²) in [6, 6.07) is 4.73. The van der Waals surface area contributed by atoms with Crippen molar-refractivity contribution < 1.29 is 4.79 Å². The van der Waals surface area contributed by atoms with Gasteiger partial charge in [0.1, 0.15) is 3.70 Å². The quantitative estimate of drug-likeness (QED) is 0.219. The normalized spacial score (nSPS) is 25.2. The van der Waals surface area contributed by atoms with E-state index in [1.165, 1.54) is 27.3 Å². The minimum absolute atomic E-state index is 0.0618. The summed E-state index contributed by atoms with van der Waals surface area (Å²) < 4.78 is 0.970. The SMILES string of the molecule is C=C/C=C(/c1nc(I)cc(C)c1NC1CCCNC1)c1sc(CN2C(=C)C3C(C2=O)C3(C)C)cc1C. The van der Waals surface area contributed by atoms with Gasteiger partial charge in [0, 0.05) is 39.5 Å². The molecule has 2 aromatic rings. The molecule has 3 fully saturated rings. The molecule has 5 nitrogen and oxygen atoms in total. The molecule has 3 aliphatic rings. The first-order chi connectivity index (χ1) is 17.1. The van der Waals surface area contributed by atoms with Crippen molar-refractivity contribution in [2.75, 3.05) is 18.4 Å². The van der Waals surface area contributed by atoms with E-state index in [9.17, 15) is 4.79 Å². The van der Waals surface area contributed by atoms with Crippen LogP contribution in [0.3, 0.4) is 0 Å². The molecule has 1 saturated carbocycles. The zero-order valence-electron chi connectivity index (χ0n) is 21.6. The highest BCUT2D eigenvalue weighted by atomic mass is 127. The molecule has 0 radical (unpaired) electrons. The second-order valence-electron chi connectivity index (χ2n) is 10.9.